The van der Waals surface area contributed by atoms with Crippen LogP contribution in [0, 0.1) is 11.8 Å². The molecule has 12 heavy (non-hydrogen) atoms. The van der Waals surface area contributed by atoms with E-state index in [0.717, 1.165) is 17.8 Å². The van der Waals surface area contributed by atoms with Gasteiger partial charge in [0, 0.05) is 0 Å². The van der Waals surface area contributed by atoms with Gasteiger partial charge in [0.1, 0.15) is 0 Å². The maximum atomic E-state index is 3.42. The van der Waals surface area contributed by atoms with Gasteiger partial charge < -0.3 is 5.32 Å². The van der Waals surface area contributed by atoms with Crippen molar-refractivity contribution in [3.8, 4) is 0 Å². The van der Waals surface area contributed by atoms with Crippen LogP contribution < -0.4 is 5.32 Å². The van der Waals surface area contributed by atoms with Crippen molar-refractivity contribution in [2.75, 3.05) is 13.1 Å². The zero-order chi connectivity index (χ0) is 7.97. The largest absolute Gasteiger partial charge is 0.316 e. The second-order valence-corrected chi connectivity index (χ2v) is 3.92. The average molecular weight is 159 g/mol. The molecule has 3 atom stereocenters. The number of hydrogen-bond donors (Lipinski definition) is 1. The second kappa shape index (κ2) is 2.33. The lowest BCUT2D eigenvalue weighted by molar-refractivity contribution is 0.684. The third-order valence-electron chi connectivity index (χ3n) is 3.28. The molecular formula is C11H13N. The number of hydrogen-bond acceptors (Lipinski definition) is 1. The molecular weight excluding hydrogens is 146 g/mol. The molecule has 1 heterocycles. The van der Waals surface area contributed by atoms with Crippen LogP contribution in [0.5, 0.6) is 0 Å². The van der Waals surface area contributed by atoms with Crippen LogP contribution in [0.3, 0.4) is 0 Å². The van der Waals surface area contributed by atoms with Crippen LogP contribution >= 0.6 is 0 Å². The van der Waals surface area contributed by atoms with Crippen LogP contribution in [-0.4, -0.2) is 13.1 Å². The summed E-state index contributed by atoms with van der Waals surface area (Å²) in [6, 6.07) is 10.9. The molecule has 1 aromatic carbocycles. The van der Waals surface area contributed by atoms with Crippen molar-refractivity contribution in [3.63, 3.8) is 0 Å². The lowest BCUT2D eigenvalue weighted by Crippen LogP contribution is -2.13. The van der Waals surface area contributed by atoms with E-state index in [1.807, 2.05) is 0 Å². The lowest BCUT2D eigenvalue weighted by atomic mass is 10.1. The minimum atomic E-state index is 0.882. The van der Waals surface area contributed by atoms with E-state index in [9.17, 15) is 0 Å². The molecule has 1 aromatic rings. The lowest BCUT2D eigenvalue weighted by Gasteiger charge is -2.03. The maximum absolute atomic E-state index is 3.42. The highest BCUT2D eigenvalue weighted by Gasteiger charge is 2.53. The fourth-order valence-electron chi connectivity index (χ4n) is 2.59. The van der Waals surface area contributed by atoms with Gasteiger partial charge in [-0.25, -0.2) is 0 Å². The maximum Gasteiger partial charge on any atom is -0.00111 e. The summed E-state index contributed by atoms with van der Waals surface area (Å²) in [5.74, 6) is 2.78. The van der Waals surface area contributed by atoms with Gasteiger partial charge in [-0.3, -0.25) is 0 Å². The zero-order valence-electron chi connectivity index (χ0n) is 7.03. The summed E-state index contributed by atoms with van der Waals surface area (Å²) in [5.41, 5.74) is 1.55. The summed E-state index contributed by atoms with van der Waals surface area (Å²) in [5, 5.41) is 3.42. The Morgan fingerprint density at radius 2 is 1.67 bits per heavy atom. The predicted octanol–water partition coefficient (Wildman–Crippen LogP) is 1.62. The van der Waals surface area contributed by atoms with Crippen molar-refractivity contribution in [2.24, 2.45) is 11.8 Å². The highest BCUT2D eigenvalue weighted by Crippen LogP contribution is 2.55. The topological polar surface area (TPSA) is 12.0 Å². The molecule has 1 aliphatic carbocycles. The number of piperidine rings is 1. The molecule has 2 aliphatic rings. The van der Waals surface area contributed by atoms with Crippen molar-refractivity contribution in [3.05, 3.63) is 35.9 Å². The highest BCUT2D eigenvalue weighted by molar-refractivity contribution is 5.30. The average Bonchev–Trinajstić information content (AvgIpc) is 2.62. The van der Waals surface area contributed by atoms with Gasteiger partial charge in [0.05, 0.1) is 0 Å². The molecule has 1 heteroatoms. The van der Waals surface area contributed by atoms with Gasteiger partial charge in [0.15, 0.2) is 0 Å². The standard InChI is InChI=1S/C11H13N/c1-2-4-8(5-3-1)11-9-6-12-7-10(9)11/h1-5,9-12H,6-7H2/t9-,10+,11+. The third kappa shape index (κ3) is 0.831. The molecule has 2 fully saturated rings. The zero-order valence-corrected chi connectivity index (χ0v) is 7.03. The molecule has 0 bridgehead atoms. The first-order chi connectivity index (χ1) is 5.97. The van der Waals surface area contributed by atoms with Crippen molar-refractivity contribution in [1.29, 1.82) is 0 Å². The Bertz CT molecular complexity index is 270. The van der Waals surface area contributed by atoms with Crippen LogP contribution in [0.25, 0.3) is 0 Å². The first-order valence-corrected chi connectivity index (χ1v) is 4.72. The number of nitrogens with one attached hydrogen (secondary N) is 1. The van der Waals surface area contributed by atoms with E-state index in [2.05, 4.69) is 35.6 Å². The molecule has 1 saturated carbocycles. The number of benzene rings is 1. The summed E-state index contributed by atoms with van der Waals surface area (Å²) in [6.07, 6.45) is 0. The smallest absolute Gasteiger partial charge is 0.00111 e. The number of fused-ring (bicyclic) bond motifs is 1. The van der Waals surface area contributed by atoms with Gasteiger partial charge in [0.25, 0.3) is 0 Å². The third-order valence-corrected chi connectivity index (χ3v) is 3.28. The van der Waals surface area contributed by atoms with Gasteiger partial charge in [0.2, 0.25) is 0 Å². The second-order valence-electron chi connectivity index (χ2n) is 3.92. The summed E-state index contributed by atoms with van der Waals surface area (Å²) >= 11 is 0. The van der Waals surface area contributed by atoms with Crippen LogP contribution in [0.2, 0.25) is 0 Å². The Labute approximate surface area is 72.8 Å². The molecule has 62 valence electrons. The molecule has 1 aliphatic heterocycles. The minimum Gasteiger partial charge on any atom is -0.316 e. The van der Waals surface area contributed by atoms with Crippen molar-refractivity contribution < 1.29 is 0 Å². The van der Waals surface area contributed by atoms with Crippen LogP contribution in [0.4, 0.5) is 0 Å². The quantitative estimate of drug-likeness (QED) is 0.656. The fourth-order valence-corrected chi connectivity index (χ4v) is 2.59. The Morgan fingerprint density at radius 3 is 2.33 bits per heavy atom. The van der Waals surface area contributed by atoms with Gasteiger partial charge >= 0.3 is 0 Å². The normalized spacial score (nSPS) is 37.8. The van der Waals surface area contributed by atoms with E-state index >= 15 is 0 Å². The Kier molecular flexibility index (Phi) is 1.30. The molecule has 1 N–H and O–H groups in total. The van der Waals surface area contributed by atoms with E-state index in [-0.39, 0.29) is 0 Å². The Balaban J connectivity index is 1.85. The monoisotopic (exact) mass is 159 g/mol. The van der Waals surface area contributed by atoms with Crippen molar-refractivity contribution in [1.82, 2.24) is 5.32 Å². The van der Waals surface area contributed by atoms with Crippen LogP contribution in [-0.2, 0) is 0 Å². The van der Waals surface area contributed by atoms with Crippen LogP contribution in [0.15, 0.2) is 30.3 Å². The van der Waals surface area contributed by atoms with E-state index < -0.39 is 0 Å². The van der Waals surface area contributed by atoms with E-state index in [1.54, 1.807) is 5.56 Å². The van der Waals surface area contributed by atoms with Crippen LogP contribution in [0.1, 0.15) is 11.5 Å². The van der Waals surface area contributed by atoms with Gasteiger partial charge in [-0.15, -0.1) is 0 Å². The molecule has 3 rings (SSSR count). The van der Waals surface area contributed by atoms with Gasteiger partial charge in [-0.1, -0.05) is 30.3 Å². The Morgan fingerprint density at radius 1 is 1.00 bits per heavy atom. The molecule has 0 amide bonds. The molecule has 0 aromatic heterocycles. The summed E-state index contributed by atoms with van der Waals surface area (Å²) in [4.78, 5) is 0. The molecule has 0 unspecified atom stereocenters. The first-order valence-electron chi connectivity index (χ1n) is 4.72. The predicted molar refractivity (Wildman–Crippen MR) is 49.0 cm³/mol. The highest BCUT2D eigenvalue weighted by atomic mass is 15.0. The van der Waals surface area contributed by atoms with Crippen molar-refractivity contribution >= 4 is 0 Å². The number of rotatable bonds is 1. The van der Waals surface area contributed by atoms with E-state index in [0.29, 0.717) is 0 Å². The van der Waals surface area contributed by atoms with E-state index in [1.165, 1.54) is 13.1 Å². The fraction of sp³-hybridized carbons (Fsp3) is 0.455. The van der Waals surface area contributed by atoms with Gasteiger partial charge in [-0.05, 0) is 36.4 Å². The minimum absolute atomic E-state index is 0.882. The SMILES string of the molecule is c1ccc([C@H]2[C@@H]3CNC[C@@H]32)cc1. The molecule has 0 spiro atoms. The first kappa shape index (κ1) is 6.67. The summed E-state index contributed by atoms with van der Waals surface area (Å²) < 4.78 is 0. The molecule has 1 saturated heterocycles. The molecule has 1 nitrogen and oxygen atoms in total. The summed E-state index contributed by atoms with van der Waals surface area (Å²) in [7, 11) is 0. The van der Waals surface area contributed by atoms with Crippen molar-refractivity contribution in [2.45, 2.75) is 5.92 Å². The van der Waals surface area contributed by atoms with E-state index in [4.69, 9.17) is 0 Å². The summed E-state index contributed by atoms with van der Waals surface area (Å²) in [6.45, 7) is 2.48. The molecule has 0 radical (unpaired) electrons. The van der Waals surface area contributed by atoms with Gasteiger partial charge in [-0.2, -0.15) is 0 Å². The Hall–Kier alpha value is -0.820.